The van der Waals surface area contributed by atoms with Crippen LogP contribution in [0.3, 0.4) is 0 Å². The fourth-order valence-electron chi connectivity index (χ4n) is 4.64. The summed E-state index contributed by atoms with van der Waals surface area (Å²) in [6.45, 7) is 8.97. The third-order valence-corrected chi connectivity index (χ3v) is 7.52. The SMILES string of the molecule is [CH2-]Oc1ccc(C(C)(C)c2ccc(OCC(O)COc3ccc(C(C)(C)c4ccc(O[CH2-])cc4)cc3)cc2)cc1.[Y].[Y]. The van der Waals surface area contributed by atoms with E-state index in [0.717, 1.165) is 22.6 Å². The number of hydrogen-bond acceptors (Lipinski definition) is 5. The number of hydrogen-bond donors (Lipinski definition) is 1. The van der Waals surface area contributed by atoms with Gasteiger partial charge in [-0.2, -0.15) is 14.2 Å². The van der Waals surface area contributed by atoms with Crippen LogP contribution in [-0.2, 0) is 76.2 Å². The smallest absolute Gasteiger partial charge is 0.122 e. The van der Waals surface area contributed by atoms with Crippen molar-refractivity contribution in [1.29, 1.82) is 0 Å². The molecule has 2 radical (unpaired) electrons. The second kappa shape index (κ2) is 16.4. The van der Waals surface area contributed by atoms with E-state index in [9.17, 15) is 5.11 Å². The summed E-state index contributed by atoms with van der Waals surface area (Å²) in [6, 6.07) is 31.8. The van der Waals surface area contributed by atoms with Crippen LogP contribution >= 0.6 is 0 Å². The Labute approximate surface area is 301 Å². The van der Waals surface area contributed by atoms with E-state index < -0.39 is 6.10 Å². The molecule has 0 aromatic heterocycles. The number of aliphatic hydroxyl groups is 1. The number of rotatable bonds is 12. The normalized spacial score (nSPS) is 11.2. The minimum absolute atomic E-state index is 0. The predicted molar refractivity (Wildman–Crippen MR) is 159 cm³/mol. The number of ether oxygens (including phenoxy) is 4. The van der Waals surface area contributed by atoms with Gasteiger partial charge >= 0.3 is 0 Å². The molecule has 4 aromatic carbocycles. The van der Waals surface area contributed by atoms with Gasteiger partial charge in [0.25, 0.3) is 0 Å². The molecule has 4 aromatic rings. The molecule has 0 spiro atoms. The molecule has 0 atom stereocenters. The second-order valence-corrected chi connectivity index (χ2v) is 10.9. The molecule has 0 heterocycles. The first kappa shape index (κ1) is 36.4. The van der Waals surface area contributed by atoms with Gasteiger partial charge in [0.05, 0.1) is 11.5 Å². The van der Waals surface area contributed by atoms with Gasteiger partial charge in [0.2, 0.25) is 0 Å². The summed E-state index contributed by atoms with van der Waals surface area (Å²) in [7, 11) is 6.91. The summed E-state index contributed by atoms with van der Waals surface area (Å²) in [4.78, 5) is 0. The van der Waals surface area contributed by atoms with Gasteiger partial charge < -0.3 is 24.1 Å². The first-order valence-electron chi connectivity index (χ1n) is 13.3. The Kier molecular flexibility index (Phi) is 14.2. The van der Waals surface area contributed by atoms with E-state index in [-0.39, 0.29) is 89.5 Å². The zero-order chi connectivity index (χ0) is 28.8. The molecular formula is C35H38O5Y2-2. The van der Waals surface area contributed by atoms with Crippen LogP contribution < -0.4 is 18.9 Å². The van der Waals surface area contributed by atoms with Gasteiger partial charge in [-0.3, -0.25) is 0 Å². The Morgan fingerprint density at radius 2 is 0.738 bits per heavy atom. The van der Waals surface area contributed by atoms with Crippen molar-refractivity contribution in [3.05, 3.63) is 134 Å². The van der Waals surface area contributed by atoms with Gasteiger partial charge in [-0.05, 0) is 70.8 Å². The molecule has 7 heteroatoms. The van der Waals surface area contributed by atoms with Crippen LogP contribution in [0.15, 0.2) is 97.1 Å². The summed E-state index contributed by atoms with van der Waals surface area (Å²) < 4.78 is 21.7. The minimum atomic E-state index is -0.769. The molecule has 0 saturated heterocycles. The Morgan fingerprint density at radius 3 is 0.976 bits per heavy atom. The van der Waals surface area contributed by atoms with E-state index >= 15 is 0 Å². The number of benzene rings is 4. The van der Waals surface area contributed by atoms with Crippen LogP contribution in [-0.4, -0.2) is 24.4 Å². The minimum Gasteiger partial charge on any atom is -0.665 e. The maximum Gasteiger partial charge on any atom is 0.122 e. The number of aliphatic hydroxyl groups excluding tert-OH is 1. The van der Waals surface area contributed by atoms with E-state index in [2.05, 4.69) is 90.4 Å². The van der Waals surface area contributed by atoms with Crippen LogP contribution in [0, 0.1) is 14.2 Å². The van der Waals surface area contributed by atoms with Crippen LogP contribution in [0.2, 0.25) is 0 Å². The van der Waals surface area contributed by atoms with Gasteiger partial charge in [-0.25, -0.2) is 0 Å². The zero-order valence-corrected chi connectivity index (χ0v) is 30.6. The average molecular weight is 716 g/mol. The van der Waals surface area contributed by atoms with Crippen molar-refractivity contribution < 1.29 is 89.5 Å². The summed E-state index contributed by atoms with van der Waals surface area (Å²) in [5.41, 5.74) is 4.27. The fourth-order valence-corrected chi connectivity index (χ4v) is 4.64. The van der Waals surface area contributed by atoms with E-state index in [0.29, 0.717) is 11.5 Å². The van der Waals surface area contributed by atoms with E-state index in [4.69, 9.17) is 18.9 Å². The molecule has 1 N–H and O–H groups in total. The molecule has 0 fully saturated rings. The van der Waals surface area contributed by atoms with Crippen LogP contribution in [0.1, 0.15) is 49.9 Å². The van der Waals surface area contributed by atoms with E-state index in [1.165, 1.54) is 11.1 Å². The second-order valence-electron chi connectivity index (χ2n) is 10.9. The third kappa shape index (κ3) is 9.13. The van der Waals surface area contributed by atoms with Crippen molar-refractivity contribution in [3.8, 4) is 23.0 Å². The van der Waals surface area contributed by atoms with Crippen molar-refractivity contribution in [3.63, 3.8) is 0 Å². The molecule has 0 bridgehead atoms. The van der Waals surface area contributed by atoms with Gasteiger partial charge in [-0.15, -0.1) is 0 Å². The summed E-state index contributed by atoms with van der Waals surface area (Å²) in [5, 5.41) is 10.4. The van der Waals surface area contributed by atoms with Crippen LogP contribution in [0.25, 0.3) is 0 Å². The third-order valence-electron chi connectivity index (χ3n) is 7.52. The van der Waals surface area contributed by atoms with Gasteiger partial charge in [0, 0.05) is 76.2 Å². The molecule has 0 aliphatic heterocycles. The van der Waals surface area contributed by atoms with Crippen molar-refractivity contribution in [1.82, 2.24) is 0 Å². The molecule has 0 aliphatic carbocycles. The Hall–Kier alpha value is -1.75. The Bertz CT molecular complexity index is 1240. The Morgan fingerprint density at radius 1 is 0.500 bits per heavy atom. The molecule has 0 saturated carbocycles. The first-order valence-corrected chi connectivity index (χ1v) is 13.3. The van der Waals surface area contributed by atoms with Crippen LogP contribution in [0.5, 0.6) is 23.0 Å². The molecule has 0 amide bonds. The standard InChI is InChI=1S/C35H38O5.2Y/c1-34(2,25-7-15-30(37-5)16-8-25)27-11-19-32(20-12-27)39-23-29(36)24-40-33-21-13-28(14-22-33)35(3,4)26-9-17-31(38-6)18-10-26;;/h7-22,29,36H,5-6,23-24H2,1-4H3;;/q-2;;. The van der Waals surface area contributed by atoms with Crippen molar-refractivity contribution in [2.75, 3.05) is 13.2 Å². The summed E-state index contributed by atoms with van der Waals surface area (Å²) >= 11 is 0. The van der Waals surface area contributed by atoms with E-state index in [1.54, 1.807) is 0 Å². The maximum atomic E-state index is 10.4. The molecule has 0 unspecified atom stereocenters. The van der Waals surface area contributed by atoms with Gasteiger partial charge in [0.15, 0.2) is 0 Å². The van der Waals surface area contributed by atoms with E-state index in [1.807, 2.05) is 48.5 Å². The molecule has 42 heavy (non-hydrogen) atoms. The van der Waals surface area contributed by atoms with Crippen LogP contribution in [0.4, 0.5) is 0 Å². The quantitative estimate of drug-likeness (QED) is 0.154. The fraction of sp³-hybridized carbons (Fsp3) is 0.257. The van der Waals surface area contributed by atoms with Gasteiger partial charge in [-0.1, -0.05) is 76.2 Å². The average Bonchev–Trinajstić information content (AvgIpc) is 2.99. The largest absolute Gasteiger partial charge is 0.665 e. The first-order chi connectivity index (χ1) is 19.1. The molecule has 216 valence electrons. The van der Waals surface area contributed by atoms with Crippen molar-refractivity contribution >= 4 is 0 Å². The molecule has 0 aliphatic rings. The molecule has 5 nitrogen and oxygen atoms in total. The summed E-state index contributed by atoms with van der Waals surface area (Å²) in [6.07, 6.45) is -0.769. The maximum absolute atomic E-state index is 10.4. The van der Waals surface area contributed by atoms with Crippen molar-refractivity contribution in [2.24, 2.45) is 0 Å². The van der Waals surface area contributed by atoms with Crippen molar-refractivity contribution in [2.45, 2.75) is 44.6 Å². The predicted octanol–water partition coefficient (Wildman–Crippen LogP) is 7.49. The summed E-state index contributed by atoms with van der Waals surface area (Å²) in [5.74, 6) is 2.85. The Balaban J connectivity index is 0.00000308. The monoisotopic (exact) mass is 716 g/mol. The molecular weight excluding hydrogens is 678 g/mol. The molecule has 4 rings (SSSR count). The zero-order valence-electron chi connectivity index (χ0n) is 24.9. The topological polar surface area (TPSA) is 57.2 Å². The van der Waals surface area contributed by atoms with Gasteiger partial charge in [0.1, 0.15) is 30.8 Å².